The Bertz CT molecular complexity index is 824. The number of carbonyl (C=O) groups is 1. The Balaban J connectivity index is 1.36. The second-order valence-corrected chi connectivity index (χ2v) is 8.61. The molecule has 1 spiro atoms. The number of aromatic nitrogens is 2. The third-order valence-electron chi connectivity index (χ3n) is 6.97. The van der Waals surface area contributed by atoms with Gasteiger partial charge in [-0.05, 0) is 55.7 Å². The standard InChI is InChI=1S/C22H28N4O/c1-25-12-11-24-20(25)15-26(19-14-22(19)7-9-23-10-8-22)21(27)18-13-17(18)16-5-3-2-4-6-16/h2-6,11-12,17-19,23H,7-10,13-15H2,1H3/t17-,18+,19+/m0/s1. The lowest BCUT2D eigenvalue weighted by atomic mass is 9.93. The number of piperidine rings is 1. The Morgan fingerprint density at radius 1 is 1.30 bits per heavy atom. The lowest BCUT2D eigenvalue weighted by molar-refractivity contribution is -0.134. The second-order valence-electron chi connectivity index (χ2n) is 8.61. The highest BCUT2D eigenvalue weighted by atomic mass is 16.2. The largest absolute Gasteiger partial charge is 0.337 e. The van der Waals surface area contributed by atoms with Crippen molar-refractivity contribution in [1.82, 2.24) is 19.8 Å². The molecule has 2 aromatic rings. The minimum atomic E-state index is 0.145. The molecule has 5 rings (SSSR count). The summed E-state index contributed by atoms with van der Waals surface area (Å²) in [6, 6.07) is 10.9. The molecule has 1 aliphatic heterocycles. The molecule has 0 unspecified atom stereocenters. The fraction of sp³-hybridized carbons (Fsp3) is 0.545. The van der Waals surface area contributed by atoms with Gasteiger partial charge >= 0.3 is 0 Å². The van der Waals surface area contributed by atoms with Gasteiger partial charge in [0.05, 0.1) is 6.54 Å². The van der Waals surface area contributed by atoms with E-state index in [0.29, 0.717) is 29.8 Å². The van der Waals surface area contributed by atoms with Gasteiger partial charge < -0.3 is 14.8 Å². The summed E-state index contributed by atoms with van der Waals surface area (Å²) in [5, 5.41) is 3.47. The van der Waals surface area contributed by atoms with Gasteiger partial charge in [0.1, 0.15) is 5.82 Å². The predicted molar refractivity (Wildman–Crippen MR) is 104 cm³/mol. The summed E-state index contributed by atoms with van der Waals surface area (Å²) >= 11 is 0. The van der Waals surface area contributed by atoms with E-state index < -0.39 is 0 Å². The maximum atomic E-state index is 13.5. The number of amides is 1. The van der Waals surface area contributed by atoms with Crippen molar-refractivity contribution in [2.24, 2.45) is 18.4 Å². The Hall–Kier alpha value is -2.14. The molecule has 1 aromatic carbocycles. The fourth-order valence-corrected chi connectivity index (χ4v) is 5.02. The van der Waals surface area contributed by atoms with Crippen LogP contribution in [-0.2, 0) is 18.4 Å². The van der Waals surface area contributed by atoms with Crippen molar-refractivity contribution in [3.8, 4) is 0 Å². The number of hydrogen-bond donors (Lipinski definition) is 1. The Labute approximate surface area is 160 Å². The van der Waals surface area contributed by atoms with E-state index in [1.807, 2.05) is 30.1 Å². The molecule has 5 nitrogen and oxygen atoms in total. The predicted octanol–water partition coefficient (Wildman–Crippen LogP) is 2.69. The van der Waals surface area contributed by atoms with Gasteiger partial charge in [-0.2, -0.15) is 0 Å². The number of nitrogens with one attached hydrogen (secondary N) is 1. The van der Waals surface area contributed by atoms with Gasteiger partial charge in [0.25, 0.3) is 0 Å². The summed E-state index contributed by atoms with van der Waals surface area (Å²) in [6.07, 6.45) is 8.32. The van der Waals surface area contributed by atoms with E-state index in [1.165, 1.54) is 18.4 Å². The van der Waals surface area contributed by atoms with Crippen LogP contribution in [0.15, 0.2) is 42.7 Å². The topological polar surface area (TPSA) is 50.2 Å². The molecule has 3 fully saturated rings. The van der Waals surface area contributed by atoms with Crippen LogP contribution >= 0.6 is 0 Å². The van der Waals surface area contributed by atoms with Gasteiger partial charge in [-0.3, -0.25) is 4.79 Å². The van der Waals surface area contributed by atoms with E-state index in [9.17, 15) is 4.79 Å². The van der Waals surface area contributed by atoms with Crippen molar-refractivity contribution in [3.05, 3.63) is 54.1 Å². The highest BCUT2D eigenvalue weighted by Gasteiger charge is 2.59. The number of imidazole rings is 1. The maximum absolute atomic E-state index is 13.5. The highest BCUT2D eigenvalue weighted by Crippen LogP contribution is 2.58. The van der Waals surface area contributed by atoms with Crippen LogP contribution in [0.1, 0.15) is 43.0 Å². The molecule has 1 aromatic heterocycles. The molecule has 3 aliphatic rings. The van der Waals surface area contributed by atoms with Crippen molar-refractivity contribution in [2.75, 3.05) is 13.1 Å². The van der Waals surface area contributed by atoms with E-state index in [0.717, 1.165) is 31.8 Å². The molecule has 1 saturated heterocycles. The molecule has 5 heteroatoms. The molecule has 27 heavy (non-hydrogen) atoms. The average molecular weight is 364 g/mol. The number of rotatable bonds is 5. The molecule has 0 radical (unpaired) electrons. The monoisotopic (exact) mass is 364 g/mol. The SMILES string of the molecule is Cn1ccnc1CN(C(=O)[C@@H]1C[C@H]1c1ccccc1)[C@@H]1CC12CCNCC2. The van der Waals surface area contributed by atoms with Crippen molar-refractivity contribution in [2.45, 2.75) is 44.2 Å². The first-order valence-corrected chi connectivity index (χ1v) is 10.2. The first kappa shape index (κ1) is 17.0. The zero-order valence-corrected chi connectivity index (χ0v) is 16.0. The number of benzene rings is 1. The van der Waals surface area contributed by atoms with Crippen molar-refractivity contribution < 1.29 is 4.79 Å². The van der Waals surface area contributed by atoms with Crippen LogP contribution in [0, 0.1) is 11.3 Å². The lowest BCUT2D eigenvalue weighted by Gasteiger charge is -2.29. The van der Waals surface area contributed by atoms with E-state index >= 15 is 0 Å². The third kappa shape index (κ3) is 3.08. The normalized spacial score (nSPS) is 28.1. The minimum absolute atomic E-state index is 0.145. The highest BCUT2D eigenvalue weighted by molar-refractivity contribution is 5.83. The summed E-state index contributed by atoms with van der Waals surface area (Å²) in [7, 11) is 2.02. The fourth-order valence-electron chi connectivity index (χ4n) is 5.02. The lowest BCUT2D eigenvalue weighted by Crippen LogP contribution is -2.40. The smallest absolute Gasteiger partial charge is 0.226 e. The molecule has 2 saturated carbocycles. The Morgan fingerprint density at radius 3 is 2.78 bits per heavy atom. The van der Waals surface area contributed by atoms with Gasteiger partial charge in [-0.25, -0.2) is 4.98 Å². The first-order valence-electron chi connectivity index (χ1n) is 10.2. The zero-order chi connectivity index (χ0) is 18.4. The summed E-state index contributed by atoms with van der Waals surface area (Å²) in [5.74, 6) is 1.86. The van der Waals surface area contributed by atoms with Gasteiger partial charge in [0, 0.05) is 31.4 Å². The minimum Gasteiger partial charge on any atom is -0.337 e. The number of aryl methyl sites for hydroxylation is 1. The quantitative estimate of drug-likeness (QED) is 0.887. The molecule has 142 valence electrons. The third-order valence-corrected chi connectivity index (χ3v) is 6.97. The van der Waals surface area contributed by atoms with E-state index in [-0.39, 0.29) is 5.92 Å². The Kier molecular flexibility index (Phi) is 4.08. The first-order chi connectivity index (χ1) is 13.2. The molecular formula is C22H28N4O. The van der Waals surface area contributed by atoms with Crippen LogP contribution in [0.5, 0.6) is 0 Å². The van der Waals surface area contributed by atoms with E-state index in [1.54, 1.807) is 0 Å². The zero-order valence-electron chi connectivity index (χ0n) is 16.0. The Morgan fingerprint density at radius 2 is 2.07 bits per heavy atom. The summed E-state index contributed by atoms with van der Waals surface area (Å²) in [4.78, 5) is 20.2. The molecule has 2 heterocycles. The van der Waals surface area contributed by atoms with Crippen LogP contribution < -0.4 is 5.32 Å². The van der Waals surface area contributed by atoms with Gasteiger partial charge in [-0.1, -0.05) is 30.3 Å². The number of hydrogen-bond acceptors (Lipinski definition) is 3. The van der Waals surface area contributed by atoms with Gasteiger partial charge in [-0.15, -0.1) is 0 Å². The molecule has 1 N–H and O–H groups in total. The van der Waals surface area contributed by atoms with Crippen LogP contribution in [-0.4, -0.2) is 39.5 Å². The molecule has 1 amide bonds. The van der Waals surface area contributed by atoms with Crippen molar-refractivity contribution >= 4 is 5.91 Å². The summed E-state index contributed by atoms with van der Waals surface area (Å²) < 4.78 is 2.04. The van der Waals surface area contributed by atoms with Crippen molar-refractivity contribution in [1.29, 1.82) is 0 Å². The van der Waals surface area contributed by atoms with E-state index in [2.05, 4.69) is 39.5 Å². The van der Waals surface area contributed by atoms with Crippen molar-refractivity contribution in [3.63, 3.8) is 0 Å². The van der Waals surface area contributed by atoms with Crippen LogP contribution in [0.4, 0.5) is 0 Å². The van der Waals surface area contributed by atoms with E-state index in [4.69, 9.17) is 0 Å². The van der Waals surface area contributed by atoms with Gasteiger partial charge in [0.15, 0.2) is 0 Å². The molecule has 2 aliphatic carbocycles. The summed E-state index contributed by atoms with van der Waals surface area (Å²) in [5.41, 5.74) is 1.66. The van der Waals surface area contributed by atoms with Crippen LogP contribution in [0.25, 0.3) is 0 Å². The number of carbonyl (C=O) groups excluding carboxylic acids is 1. The van der Waals surface area contributed by atoms with Gasteiger partial charge in [0.2, 0.25) is 5.91 Å². The van der Waals surface area contributed by atoms with Crippen LogP contribution in [0.3, 0.4) is 0 Å². The summed E-state index contributed by atoms with van der Waals surface area (Å²) in [6.45, 7) is 2.80. The molecule has 0 bridgehead atoms. The second kappa shape index (κ2) is 6.48. The molecular weight excluding hydrogens is 336 g/mol. The van der Waals surface area contributed by atoms with Crippen LogP contribution in [0.2, 0.25) is 0 Å². The number of nitrogens with zero attached hydrogens (tertiary/aromatic N) is 3. The maximum Gasteiger partial charge on any atom is 0.226 e. The average Bonchev–Trinajstić information content (AvgIpc) is 3.59. The molecule has 3 atom stereocenters.